The number of carbonyl (C=O) groups is 1. The minimum absolute atomic E-state index is 0.0471. The quantitative estimate of drug-likeness (QED) is 0.827. The first-order valence-corrected chi connectivity index (χ1v) is 6.33. The Kier molecular flexibility index (Phi) is 5.76. The second-order valence-electron chi connectivity index (χ2n) is 4.75. The van der Waals surface area contributed by atoms with Gasteiger partial charge in [0.25, 0.3) is 5.91 Å². The van der Waals surface area contributed by atoms with Gasteiger partial charge in [0.1, 0.15) is 11.6 Å². The molecule has 106 valence electrons. The summed E-state index contributed by atoms with van der Waals surface area (Å²) in [5, 5.41) is 5.69. The Bertz CT molecular complexity index is 435. The van der Waals surface area contributed by atoms with Crippen molar-refractivity contribution in [2.24, 2.45) is 0 Å². The largest absolute Gasteiger partial charge is 0.481 e. The van der Waals surface area contributed by atoms with Crippen molar-refractivity contribution in [3.63, 3.8) is 0 Å². The number of amides is 1. The Labute approximate surface area is 113 Å². The first-order chi connectivity index (χ1) is 8.92. The fraction of sp³-hybridized carbons (Fsp3) is 0.500. The van der Waals surface area contributed by atoms with Gasteiger partial charge < -0.3 is 15.4 Å². The minimum Gasteiger partial charge on any atom is -0.481 e. The van der Waals surface area contributed by atoms with Gasteiger partial charge in [-0.1, -0.05) is 0 Å². The molecule has 2 N–H and O–H groups in total. The van der Waals surface area contributed by atoms with Gasteiger partial charge in [-0.25, -0.2) is 4.39 Å². The number of benzene rings is 1. The summed E-state index contributed by atoms with van der Waals surface area (Å²) in [4.78, 5) is 11.7. The highest BCUT2D eigenvalue weighted by Crippen LogP contribution is 2.18. The predicted molar refractivity (Wildman–Crippen MR) is 72.5 cm³/mol. The lowest BCUT2D eigenvalue weighted by atomic mass is 10.2. The first-order valence-electron chi connectivity index (χ1n) is 6.33. The van der Waals surface area contributed by atoms with E-state index < -0.39 is 6.10 Å². The summed E-state index contributed by atoms with van der Waals surface area (Å²) >= 11 is 0. The number of rotatable bonds is 6. The molecule has 1 amide bonds. The van der Waals surface area contributed by atoms with Crippen LogP contribution in [0.15, 0.2) is 18.2 Å². The molecule has 5 heteroatoms. The van der Waals surface area contributed by atoms with Gasteiger partial charge in [-0.15, -0.1) is 0 Å². The van der Waals surface area contributed by atoms with Crippen LogP contribution >= 0.6 is 0 Å². The van der Waals surface area contributed by atoms with Crippen LogP contribution in [0.1, 0.15) is 26.3 Å². The molecule has 0 spiro atoms. The van der Waals surface area contributed by atoms with E-state index in [1.165, 1.54) is 12.1 Å². The first kappa shape index (κ1) is 15.4. The third kappa shape index (κ3) is 5.26. The molecule has 0 aromatic heterocycles. The summed E-state index contributed by atoms with van der Waals surface area (Å²) in [5.41, 5.74) is 0.772. The highest BCUT2D eigenvalue weighted by molar-refractivity contribution is 5.80. The Morgan fingerprint density at radius 3 is 2.58 bits per heavy atom. The molecule has 0 aliphatic carbocycles. The van der Waals surface area contributed by atoms with E-state index in [-0.39, 0.29) is 17.8 Å². The van der Waals surface area contributed by atoms with E-state index in [0.717, 1.165) is 5.56 Å². The average molecular weight is 268 g/mol. The molecular formula is C14H21FN2O2. The van der Waals surface area contributed by atoms with Crippen LogP contribution in [0.2, 0.25) is 0 Å². The fourth-order valence-corrected chi connectivity index (χ4v) is 1.65. The summed E-state index contributed by atoms with van der Waals surface area (Å²) < 4.78 is 18.9. The molecule has 1 atom stereocenters. The molecule has 0 aliphatic heterocycles. The molecule has 0 saturated heterocycles. The highest BCUT2D eigenvalue weighted by atomic mass is 19.1. The van der Waals surface area contributed by atoms with E-state index in [1.54, 1.807) is 20.0 Å². The molecule has 1 unspecified atom stereocenters. The van der Waals surface area contributed by atoms with E-state index in [1.807, 2.05) is 13.8 Å². The molecule has 0 fully saturated rings. The topological polar surface area (TPSA) is 50.4 Å². The molecule has 0 bridgehead atoms. The van der Waals surface area contributed by atoms with Crippen molar-refractivity contribution < 1.29 is 13.9 Å². The maximum atomic E-state index is 13.4. The summed E-state index contributed by atoms with van der Waals surface area (Å²) in [5.74, 6) is -0.231. The zero-order chi connectivity index (χ0) is 14.4. The lowest BCUT2D eigenvalue weighted by molar-refractivity contribution is -0.127. The van der Waals surface area contributed by atoms with Crippen molar-refractivity contribution in [3.05, 3.63) is 29.6 Å². The van der Waals surface area contributed by atoms with E-state index in [4.69, 9.17) is 4.74 Å². The van der Waals surface area contributed by atoms with Crippen molar-refractivity contribution in [1.29, 1.82) is 0 Å². The van der Waals surface area contributed by atoms with Gasteiger partial charge in [0.15, 0.2) is 6.10 Å². The van der Waals surface area contributed by atoms with Crippen LogP contribution in [-0.2, 0) is 11.3 Å². The van der Waals surface area contributed by atoms with Crippen LogP contribution in [0.4, 0.5) is 4.39 Å². The number of ether oxygens (including phenoxy) is 1. The SMILES string of the molecule is CNCc1cc(F)cc(OC(C)C(=O)NC(C)C)c1. The van der Waals surface area contributed by atoms with Crippen molar-refractivity contribution >= 4 is 5.91 Å². The molecule has 1 rings (SSSR count). The minimum atomic E-state index is -0.661. The second-order valence-corrected chi connectivity index (χ2v) is 4.75. The van der Waals surface area contributed by atoms with E-state index >= 15 is 0 Å². The number of halogens is 1. The second kappa shape index (κ2) is 7.09. The van der Waals surface area contributed by atoms with Crippen molar-refractivity contribution in [2.45, 2.75) is 39.5 Å². The van der Waals surface area contributed by atoms with Crippen LogP contribution < -0.4 is 15.4 Å². The van der Waals surface area contributed by atoms with Crippen molar-refractivity contribution in [3.8, 4) is 5.75 Å². The molecule has 0 heterocycles. The van der Waals surface area contributed by atoms with Gasteiger partial charge in [0, 0.05) is 18.7 Å². The Balaban J connectivity index is 2.73. The van der Waals surface area contributed by atoms with E-state index in [9.17, 15) is 9.18 Å². The van der Waals surface area contributed by atoms with Gasteiger partial charge in [0.2, 0.25) is 0 Å². The van der Waals surface area contributed by atoms with Crippen LogP contribution in [0.5, 0.6) is 5.75 Å². The molecule has 0 radical (unpaired) electrons. The van der Waals surface area contributed by atoms with E-state index in [0.29, 0.717) is 12.3 Å². The van der Waals surface area contributed by atoms with Crippen LogP contribution in [-0.4, -0.2) is 25.1 Å². The Hall–Kier alpha value is -1.62. The highest BCUT2D eigenvalue weighted by Gasteiger charge is 2.15. The number of carbonyl (C=O) groups excluding carboxylic acids is 1. The van der Waals surface area contributed by atoms with Gasteiger partial charge in [-0.3, -0.25) is 4.79 Å². The van der Waals surface area contributed by atoms with Gasteiger partial charge in [0.05, 0.1) is 0 Å². The standard InChI is InChI=1S/C14H21FN2O2/c1-9(2)17-14(18)10(3)19-13-6-11(8-16-4)5-12(15)7-13/h5-7,9-10,16H,8H2,1-4H3,(H,17,18). The normalized spacial score (nSPS) is 12.3. The Morgan fingerprint density at radius 2 is 2.00 bits per heavy atom. The number of hydrogen-bond donors (Lipinski definition) is 2. The molecule has 19 heavy (non-hydrogen) atoms. The summed E-state index contributed by atoms with van der Waals surface area (Å²) in [7, 11) is 1.78. The molecule has 4 nitrogen and oxygen atoms in total. The zero-order valence-electron chi connectivity index (χ0n) is 11.8. The maximum absolute atomic E-state index is 13.4. The zero-order valence-corrected chi connectivity index (χ0v) is 11.8. The fourth-order valence-electron chi connectivity index (χ4n) is 1.65. The van der Waals surface area contributed by atoms with Gasteiger partial charge >= 0.3 is 0 Å². The van der Waals surface area contributed by atoms with Crippen LogP contribution in [0, 0.1) is 5.82 Å². The summed E-state index contributed by atoms with van der Waals surface area (Å²) in [6.45, 7) is 5.93. The average Bonchev–Trinajstić information content (AvgIpc) is 2.27. The third-order valence-electron chi connectivity index (χ3n) is 2.43. The van der Waals surface area contributed by atoms with Gasteiger partial charge in [-0.05, 0) is 45.5 Å². The molecule has 0 aliphatic rings. The molecule has 1 aromatic carbocycles. The molecular weight excluding hydrogens is 247 g/mol. The van der Waals surface area contributed by atoms with Crippen molar-refractivity contribution in [2.75, 3.05) is 7.05 Å². The lowest BCUT2D eigenvalue weighted by Gasteiger charge is -2.17. The van der Waals surface area contributed by atoms with Crippen molar-refractivity contribution in [1.82, 2.24) is 10.6 Å². The summed E-state index contributed by atoms with van der Waals surface area (Å²) in [6.07, 6.45) is -0.661. The van der Waals surface area contributed by atoms with Crippen LogP contribution in [0.3, 0.4) is 0 Å². The summed E-state index contributed by atoms with van der Waals surface area (Å²) in [6, 6.07) is 4.48. The predicted octanol–water partition coefficient (Wildman–Crippen LogP) is 1.84. The van der Waals surface area contributed by atoms with Gasteiger partial charge in [-0.2, -0.15) is 0 Å². The molecule has 0 saturated carbocycles. The monoisotopic (exact) mass is 268 g/mol. The smallest absolute Gasteiger partial charge is 0.260 e. The number of nitrogens with one attached hydrogen (secondary N) is 2. The van der Waals surface area contributed by atoms with Crippen LogP contribution in [0.25, 0.3) is 0 Å². The third-order valence-corrected chi connectivity index (χ3v) is 2.43. The number of hydrogen-bond acceptors (Lipinski definition) is 3. The molecule has 1 aromatic rings. The lowest BCUT2D eigenvalue weighted by Crippen LogP contribution is -2.40. The maximum Gasteiger partial charge on any atom is 0.260 e. The van der Waals surface area contributed by atoms with E-state index in [2.05, 4.69) is 10.6 Å². The Morgan fingerprint density at radius 1 is 1.32 bits per heavy atom.